The minimum atomic E-state index is -0.937. The van der Waals surface area contributed by atoms with Crippen LogP contribution in [0.4, 0.5) is 0 Å². The van der Waals surface area contributed by atoms with E-state index < -0.39 is 11.0 Å². The fraction of sp³-hybridized carbons (Fsp3) is 0.917. The Hall–Kier alpha value is -0.650. The zero-order chi connectivity index (χ0) is 12.5. The summed E-state index contributed by atoms with van der Waals surface area (Å²) in [6, 6.07) is 0. The van der Waals surface area contributed by atoms with Crippen LogP contribution in [-0.4, -0.2) is 61.4 Å². The Labute approximate surface area is 102 Å². The summed E-state index contributed by atoms with van der Waals surface area (Å²) in [5.74, 6) is -0.264. The Morgan fingerprint density at radius 3 is 2.71 bits per heavy atom. The number of nitrogens with zero attached hydrogens (tertiary/aromatic N) is 1. The molecule has 0 aromatic carbocycles. The number of methoxy groups -OCH3 is 1. The van der Waals surface area contributed by atoms with Crippen LogP contribution in [0.3, 0.4) is 0 Å². The summed E-state index contributed by atoms with van der Waals surface area (Å²) in [5.41, 5.74) is -1.69. The van der Waals surface area contributed by atoms with Crippen molar-refractivity contribution in [3.05, 3.63) is 0 Å². The maximum atomic E-state index is 12.2. The van der Waals surface area contributed by atoms with Crippen LogP contribution in [0.25, 0.3) is 0 Å². The molecule has 2 heterocycles. The highest BCUT2D eigenvalue weighted by Crippen LogP contribution is 2.43. The molecule has 1 atom stereocenters. The van der Waals surface area contributed by atoms with Crippen LogP contribution in [0.15, 0.2) is 0 Å². The fourth-order valence-electron chi connectivity index (χ4n) is 3.05. The van der Waals surface area contributed by atoms with Crippen molar-refractivity contribution in [2.24, 2.45) is 5.41 Å². The second-order valence-corrected chi connectivity index (χ2v) is 5.18. The van der Waals surface area contributed by atoms with Gasteiger partial charge in [-0.3, -0.25) is 4.79 Å². The third kappa shape index (κ3) is 1.86. The maximum absolute atomic E-state index is 12.2. The summed E-state index contributed by atoms with van der Waals surface area (Å²) in [7, 11) is 1.41. The number of carbonyl (C=O) groups excluding carboxylic acids is 1. The van der Waals surface area contributed by atoms with Gasteiger partial charge in [0.1, 0.15) is 11.0 Å². The Morgan fingerprint density at radius 1 is 1.53 bits per heavy atom. The molecule has 0 amide bonds. The molecule has 0 spiro atoms. The molecule has 1 unspecified atom stereocenters. The zero-order valence-corrected chi connectivity index (χ0v) is 10.7. The highest BCUT2D eigenvalue weighted by Gasteiger charge is 2.60. The molecule has 2 fully saturated rings. The van der Waals surface area contributed by atoms with Crippen molar-refractivity contribution in [3.8, 4) is 0 Å². The van der Waals surface area contributed by atoms with E-state index in [1.54, 1.807) is 0 Å². The molecule has 2 saturated heterocycles. The van der Waals surface area contributed by atoms with E-state index >= 15 is 0 Å². The maximum Gasteiger partial charge on any atom is 0.316 e. The molecular formula is C12H22N2O3. The van der Waals surface area contributed by atoms with Gasteiger partial charge < -0.3 is 20.1 Å². The Balaban J connectivity index is 2.26. The summed E-state index contributed by atoms with van der Waals surface area (Å²) in [4.78, 5) is 14.4. The molecule has 98 valence electrons. The largest absolute Gasteiger partial charge is 0.468 e. The molecule has 17 heavy (non-hydrogen) atoms. The summed E-state index contributed by atoms with van der Waals surface area (Å²) in [5, 5.41) is 13.7. The lowest BCUT2D eigenvalue weighted by molar-refractivity contribution is -0.191. The number of carbonyl (C=O) groups is 1. The number of hydrogen-bond acceptors (Lipinski definition) is 5. The lowest BCUT2D eigenvalue weighted by Gasteiger charge is -2.54. The van der Waals surface area contributed by atoms with Crippen LogP contribution in [0, 0.1) is 5.41 Å². The van der Waals surface area contributed by atoms with Crippen LogP contribution >= 0.6 is 0 Å². The van der Waals surface area contributed by atoms with Gasteiger partial charge in [-0.05, 0) is 25.9 Å². The molecule has 5 nitrogen and oxygen atoms in total. The highest BCUT2D eigenvalue weighted by atomic mass is 16.5. The van der Waals surface area contributed by atoms with Crippen molar-refractivity contribution in [1.29, 1.82) is 0 Å². The molecule has 2 aliphatic heterocycles. The summed E-state index contributed by atoms with van der Waals surface area (Å²) in [6.07, 6.45) is 1.65. The lowest BCUT2D eigenvalue weighted by atomic mass is 9.64. The van der Waals surface area contributed by atoms with Gasteiger partial charge in [0, 0.05) is 19.6 Å². The zero-order valence-electron chi connectivity index (χ0n) is 10.7. The molecule has 2 aliphatic rings. The number of ether oxygens (including phenoxy) is 1. The molecule has 0 radical (unpaired) electrons. The van der Waals surface area contributed by atoms with Gasteiger partial charge in [0.05, 0.1) is 7.11 Å². The monoisotopic (exact) mass is 242 g/mol. The van der Waals surface area contributed by atoms with Crippen molar-refractivity contribution in [2.45, 2.75) is 25.4 Å². The second kappa shape index (κ2) is 4.55. The molecule has 0 aliphatic carbocycles. The van der Waals surface area contributed by atoms with Gasteiger partial charge in [-0.1, -0.05) is 6.92 Å². The molecule has 0 aromatic rings. The molecule has 0 saturated carbocycles. The summed E-state index contributed by atoms with van der Waals surface area (Å²) in [6.45, 7) is 5.56. The third-order valence-corrected chi connectivity index (χ3v) is 4.32. The van der Waals surface area contributed by atoms with E-state index in [4.69, 9.17) is 4.74 Å². The normalized spacial score (nSPS) is 32.9. The van der Waals surface area contributed by atoms with Crippen LogP contribution in [-0.2, 0) is 9.53 Å². The lowest BCUT2D eigenvalue weighted by Crippen LogP contribution is -2.74. The fourth-order valence-corrected chi connectivity index (χ4v) is 3.05. The first kappa shape index (κ1) is 12.8. The van der Waals surface area contributed by atoms with Gasteiger partial charge >= 0.3 is 5.97 Å². The van der Waals surface area contributed by atoms with Gasteiger partial charge in [-0.15, -0.1) is 0 Å². The Kier molecular flexibility index (Phi) is 3.43. The molecule has 0 bridgehead atoms. The number of rotatable bonds is 3. The number of esters is 1. The molecule has 5 heteroatoms. The average molecular weight is 242 g/mol. The van der Waals surface area contributed by atoms with Crippen molar-refractivity contribution < 1.29 is 14.6 Å². The van der Waals surface area contributed by atoms with Crippen molar-refractivity contribution >= 4 is 5.97 Å². The average Bonchev–Trinajstić information content (AvgIpc) is 2.34. The van der Waals surface area contributed by atoms with Crippen molar-refractivity contribution in [3.63, 3.8) is 0 Å². The minimum Gasteiger partial charge on any atom is -0.468 e. The van der Waals surface area contributed by atoms with Crippen molar-refractivity contribution in [2.75, 3.05) is 39.8 Å². The first-order valence-corrected chi connectivity index (χ1v) is 6.32. The van der Waals surface area contributed by atoms with Crippen LogP contribution in [0.1, 0.15) is 19.8 Å². The van der Waals surface area contributed by atoms with Gasteiger partial charge in [0.2, 0.25) is 0 Å². The molecule has 2 rings (SSSR count). The first-order chi connectivity index (χ1) is 8.08. The Morgan fingerprint density at radius 2 is 2.24 bits per heavy atom. The number of β-amino-alcohol motifs (C(OH)–C–C–N with tert-alkyl or cyclic N) is 1. The molecular weight excluding hydrogens is 220 g/mol. The van der Waals surface area contributed by atoms with E-state index in [9.17, 15) is 9.90 Å². The minimum absolute atomic E-state index is 0.264. The van der Waals surface area contributed by atoms with Gasteiger partial charge in [0.25, 0.3) is 0 Å². The number of aliphatic hydroxyl groups is 1. The van der Waals surface area contributed by atoms with Crippen LogP contribution in [0.5, 0.6) is 0 Å². The molecule has 2 N–H and O–H groups in total. The number of hydrogen-bond donors (Lipinski definition) is 2. The van der Waals surface area contributed by atoms with E-state index in [0.29, 0.717) is 26.1 Å². The van der Waals surface area contributed by atoms with E-state index in [-0.39, 0.29) is 5.97 Å². The Bertz CT molecular complexity index is 304. The summed E-state index contributed by atoms with van der Waals surface area (Å²) < 4.78 is 4.95. The van der Waals surface area contributed by atoms with E-state index in [1.165, 1.54) is 7.11 Å². The van der Waals surface area contributed by atoms with Gasteiger partial charge in [-0.2, -0.15) is 0 Å². The number of piperidine rings is 1. The smallest absolute Gasteiger partial charge is 0.316 e. The third-order valence-electron chi connectivity index (χ3n) is 4.32. The second-order valence-electron chi connectivity index (χ2n) is 5.18. The van der Waals surface area contributed by atoms with Crippen LogP contribution in [0.2, 0.25) is 0 Å². The van der Waals surface area contributed by atoms with Gasteiger partial charge in [0.15, 0.2) is 0 Å². The predicted octanol–water partition coefficient (Wildman–Crippen LogP) is -0.404. The number of nitrogens with one attached hydrogen (secondary N) is 1. The standard InChI is InChI=1S/C12H22N2O3/c1-3-14-6-4-5-11(9-14,10(15)17-2)12(16)7-13-8-12/h13,16H,3-9H2,1-2H3. The topological polar surface area (TPSA) is 61.8 Å². The highest BCUT2D eigenvalue weighted by molar-refractivity contribution is 5.79. The summed E-state index contributed by atoms with van der Waals surface area (Å²) >= 11 is 0. The van der Waals surface area contributed by atoms with Gasteiger partial charge in [-0.25, -0.2) is 0 Å². The number of likely N-dealkylation sites (tertiary alicyclic amines) is 1. The predicted molar refractivity (Wildman–Crippen MR) is 63.6 cm³/mol. The first-order valence-electron chi connectivity index (χ1n) is 6.32. The van der Waals surface area contributed by atoms with E-state index in [2.05, 4.69) is 17.1 Å². The van der Waals surface area contributed by atoms with E-state index in [1.807, 2.05) is 0 Å². The van der Waals surface area contributed by atoms with E-state index in [0.717, 1.165) is 19.5 Å². The molecule has 0 aromatic heterocycles. The quantitative estimate of drug-likeness (QED) is 0.659. The van der Waals surface area contributed by atoms with Crippen molar-refractivity contribution in [1.82, 2.24) is 10.2 Å². The SMILES string of the molecule is CCN1CCCC(C(=O)OC)(C2(O)CNC2)C1. The van der Waals surface area contributed by atoms with Crippen LogP contribution < -0.4 is 5.32 Å².